The molecule has 122 valence electrons. The van der Waals surface area contributed by atoms with Gasteiger partial charge >= 0.3 is 0 Å². The van der Waals surface area contributed by atoms with Gasteiger partial charge in [-0.2, -0.15) is 0 Å². The van der Waals surface area contributed by atoms with Crippen LogP contribution >= 0.6 is 0 Å². The molecule has 1 aromatic carbocycles. The number of ether oxygens (including phenoxy) is 1. The molecule has 3 heterocycles. The maximum atomic E-state index is 12.3. The van der Waals surface area contributed by atoms with Crippen LogP contribution in [-0.2, 0) is 24.3 Å². The normalized spacial score (nSPS) is 13.7. The van der Waals surface area contributed by atoms with Crippen molar-refractivity contribution in [3.8, 4) is 0 Å². The van der Waals surface area contributed by atoms with Crippen molar-refractivity contribution in [2.24, 2.45) is 0 Å². The quantitative estimate of drug-likeness (QED) is 0.788. The van der Waals surface area contributed by atoms with Crippen LogP contribution in [0.1, 0.15) is 27.6 Å². The summed E-state index contributed by atoms with van der Waals surface area (Å²) in [6, 6.07) is 7.99. The van der Waals surface area contributed by atoms with E-state index in [9.17, 15) is 9.59 Å². The Morgan fingerprint density at radius 3 is 3.08 bits per heavy atom. The number of para-hydroxylation sites is 1. The third-order valence-corrected chi connectivity index (χ3v) is 3.95. The van der Waals surface area contributed by atoms with E-state index >= 15 is 0 Å². The fraction of sp³-hybridized carbons (Fsp3) is 0.235. The molecule has 24 heavy (non-hydrogen) atoms. The molecule has 4 rings (SSSR count). The molecule has 1 aliphatic heterocycles. The summed E-state index contributed by atoms with van der Waals surface area (Å²) < 4.78 is 16.1. The van der Waals surface area contributed by atoms with Crippen LogP contribution in [0.5, 0.6) is 0 Å². The van der Waals surface area contributed by atoms with Crippen molar-refractivity contribution in [2.45, 2.75) is 19.6 Å². The van der Waals surface area contributed by atoms with Gasteiger partial charge in [-0.15, -0.1) is 0 Å². The Morgan fingerprint density at radius 1 is 1.29 bits per heavy atom. The van der Waals surface area contributed by atoms with Crippen molar-refractivity contribution in [2.75, 3.05) is 6.61 Å². The summed E-state index contributed by atoms with van der Waals surface area (Å²) in [7, 11) is 0. The minimum absolute atomic E-state index is 0.0349. The third-order valence-electron chi connectivity index (χ3n) is 3.95. The van der Waals surface area contributed by atoms with Gasteiger partial charge in [0.25, 0.3) is 5.91 Å². The molecule has 0 bridgehead atoms. The van der Waals surface area contributed by atoms with E-state index in [0.29, 0.717) is 36.3 Å². The first kappa shape index (κ1) is 14.6. The van der Waals surface area contributed by atoms with Crippen molar-refractivity contribution in [1.82, 2.24) is 10.5 Å². The van der Waals surface area contributed by atoms with Gasteiger partial charge in [0.05, 0.1) is 25.1 Å². The van der Waals surface area contributed by atoms with Crippen molar-refractivity contribution in [3.05, 3.63) is 63.3 Å². The predicted molar refractivity (Wildman–Crippen MR) is 83.5 cm³/mol. The van der Waals surface area contributed by atoms with E-state index in [-0.39, 0.29) is 17.7 Å². The molecule has 0 aliphatic carbocycles. The molecule has 1 aliphatic rings. The summed E-state index contributed by atoms with van der Waals surface area (Å²) in [5.74, 6) is 0.279. The van der Waals surface area contributed by atoms with Crippen LogP contribution in [0.15, 0.2) is 44.1 Å². The van der Waals surface area contributed by atoms with E-state index in [0.717, 1.165) is 11.3 Å². The van der Waals surface area contributed by atoms with Crippen LogP contribution in [0.2, 0.25) is 0 Å². The number of nitrogens with zero attached hydrogens (tertiary/aromatic N) is 1. The number of hydrogen-bond donors (Lipinski definition) is 1. The summed E-state index contributed by atoms with van der Waals surface area (Å²) in [5, 5.41) is 7.10. The van der Waals surface area contributed by atoms with Gasteiger partial charge in [-0.3, -0.25) is 9.59 Å². The molecule has 0 fully saturated rings. The Kier molecular flexibility index (Phi) is 3.62. The average molecular weight is 326 g/mol. The molecule has 0 saturated carbocycles. The SMILES string of the molecule is O=C(NCc1noc2c1COCC2)c1cc(=O)c2ccccc2o1. The molecular weight excluding hydrogens is 312 g/mol. The summed E-state index contributed by atoms with van der Waals surface area (Å²) in [6.45, 7) is 1.21. The summed E-state index contributed by atoms with van der Waals surface area (Å²) in [6.07, 6.45) is 0.676. The number of rotatable bonds is 3. The highest BCUT2D eigenvalue weighted by atomic mass is 16.5. The second kappa shape index (κ2) is 5.93. The molecule has 3 aromatic rings. The minimum atomic E-state index is -0.480. The smallest absolute Gasteiger partial charge is 0.287 e. The second-order valence-electron chi connectivity index (χ2n) is 5.49. The van der Waals surface area contributed by atoms with Crippen molar-refractivity contribution in [1.29, 1.82) is 0 Å². The Hall–Kier alpha value is -2.93. The van der Waals surface area contributed by atoms with Crippen LogP contribution in [0.4, 0.5) is 0 Å². The lowest BCUT2D eigenvalue weighted by molar-refractivity contribution is 0.0920. The Bertz CT molecular complexity index is 973. The van der Waals surface area contributed by atoms with Crippen LogP contribution in [0.3, 0.4) is 0 Å². The van der Waals surface area contributed by atoms with Crippen molar-refractivity contribution in [3.63, 3.8) is 0 Å². The van der Waals surface area contributed by atoms with Crippen LogP contribution in [0.25, 0.3) is 11.0 Å². The molecule has 7 nitrogen and oxygen atoms in total. The fourth-order valence-electron chi connectivity index (χ4n) is 2.69. The lowest BCUT2D eigenvalue weighted by Gasteiger charge is -2.10. The average Bonchev–Trinajstić information content (AvgIpc) is 3.03. The number of nitrogens with one attached hydrogen (secondary N) is 1. The predicted octanol–water partition coefficient (Wildman–Crippen LogP) is 1.78. The summed E-state index contributed by atoms with van der Waals surface area (Å²) >= 11 is 0. The zero-order valence-corrected chi connectivity index (χ0v) is 12.7. The number of carbonyl (C=O) groups excluding carboxylic acids is 1. The van der Waals surface area contributed by atoms with Crippen LogP contribution in [-0.4, -0.2) is 17.7 Å². The highest BCUT2D eigenvalue weighted by Crippen LogP contribution is 2.20. The topological polar surface area (TPSA) is 94.6 Å². The number of carbonyl (C=O) groups is 1. The molecule has 0 radical (unpaired) electrons. The Balaban J connectivity index is 1.54. The lowest BCUT2D eigenvalue weighted by Crippen LogP contribution is -2.25. The van der Waals surface area contributed by atoms with Gasteiger partial charge in [-0.1, -0.05) is 17.3 Å². The molecule has 0 unspecified atom stereocenters. The number of fused-ring (bicyclic) bond motifs is 2. The van der Waals surface area contributed by atoms with Gasteiger partial charge in [0.2, 0.25) is 0 Å². The van der Waals surface area contributed by atoms with Crippen LogP contribution in [0, 0.1) is 0 Å². The lowest BCUT2D eigenvalue weighted by atomic mass is 10.1. The minimum Gasteiger partial charge on any atom is -0.451 e. The molecule has 0 saturated heterocycles. The molecular formula is C17H14N2O5. The Labute approximate surface area is 136 Å². The zero-order valence-electron chi connectivity index (χ0n) is 12.7. The van der Waals surface area contributed by atoms with E-state index in [1.165, 1.54) is 6.07 Å². The van der Waals surface area contributed by atoms with Crippen molar-refractivity contribution >= 4 is 16.9 Å². The molecule has 0 atom stereocenters. The van der Waals surface area contributed by atoms with Crippen molar-refractivity contribution < 1.29 is 18.5 Å². The van der Waals surface area contributed by atoms with Gasteiger partial charge < -0.3 is 19.0 Å². The standard InChI is InChI=1S/C17H14N2O5/c20-13-7-16(23-14-4-2-1-3-10(13)14)17(21)18-8-12-11-9-22-6-5-15(11)24-19-12/h1-4,7H,5-6,8-9H2,(H,18,21). The van der Waals surface area contributed by atoms with E-state index < -0.39 is 5.91 Å². The largest absolute Gasteiger partial charge is 0.451 e. The fourth-order valence-corrected chi connectivity index (χ4v) is 2.69. The molecule has 1 N–H and O–H groups in total. The first-order valence-corrected chi connectivity index (χ1v) is 7.57. The summed E-state index contributed by atoms with van der Waals surface area (Å²) in [4.78, 5) is 24.3. The zero-order chi connectivity index (χ0) is 16.5. The number of hydrogen-bond acceptors (Lipinski definition) is 6. The van der Waals surface area contributed by atoms with E-state index in [2.05, 4.69) is 10.5 Å². The first-order valence-electron chi connectivity index (χ1n) is 7.57. The number of amides is 1. The number of aromatic nitrogens is 1. The molecule has 7 heteroatoms. The maximum absolute atomic E-state index is 12.3. The highest BCUT2D eigenvalue weighted by molar-refractivity contribution is 5.93. The highest BCUT2D eigenvalue weighted by Gasteiger charge is 2.20. The van der Waals surface area contributed by atoms with Gasteiger partial charge in [-0.25, -0.2) is 0 Å². The molecule has 0 spiro atoms. The van der Waals surface area contributed by atoms with E-state index in [1.807, 2.05) is 0 Å². The monoisotopic (exact) mass is 326 g/mol. The maximum Gasteiger partial charge on any atom is 0.287 e. The summed E-state index contributed by atoms with van der Waals surface area (Å²) in [5.41, 5.74) is 1.62. The first-order chi connectivity index (χ1) is 11.7. The van der Waals surface area contributed by atoms with Gasteiger partial charge in [0, 0.05) is 18.1 Å². The van der Waals surface area contributed by atoms with Gasteiger partial charge in [0.15, 0.2) is 11.2 Å². The van der Waals surface area contributed by atoms with E-state index in [1.54, 1.807) is 24.3 Å². The van der Waals surface area contributed by atoms with E-state index in [4.69, 9.17) is 13.7 Å². The van der Waals surface area contributed by atoms with Crippen LogP contribution < -0.4 is 10.7 Å². The van der Waals surface area contributed by atoms with Gasteiger partial charge in [0.1, 0.15) is 17.0 Å². The molecule has 1 amide bonds. The van der Waals surface area contributed by atoms with Gasteiger partial charge in [-0.05, 0) is 12.1 Å². The third kappa shape index (κ3) is 2.59. The number of benzene rings is 1. The second-order valence-corrected chi connectivity index (χ2v) is 5.49. The Morgan fingerprint density at radius 2 is 2.17 bits per heavy atom. The molecule has 2 aromatic heterocycles.